The van der Waals surface area contributed by atoms with Crippen LogP contribution in [0.5, 0.6) is 11.5 Å². The van der Waals surface area contributed by atoms with Gasteiger partial charge in [-0.1, -0.05) is 0 Å². The molecule has 2 rings (SSSR count). The summed E-state index contributed by atoms with van der Waals surface area (Å²) in [6, 6.07) is 10.7. The van der Waals surface area contributed by atoms with Gasteiger partial charge in [0, 0.05) is 18.3 Å². The van der Waals surface area contributed by atoms with Gasteiger partial charge >= 0.3 is 0 Å². The monoisotopic (exact) mass is 275 g/mol. The Hall–Kier alpha value is -2.23. The van der Waals surface area contributed by atoms with Gasteiger partial charge in [0.05, 0.1) is 14.2 Å². The number of hydrogen-bond acceptors (Lipinski definition) is 3. The largest absolute Gasteiger partial charge is 0.497 e. The highest BCUT2D eigenvalue weighted by molar-refractivity contribution is 5.47. The first-order valence-corrected chi connectivity index (χ1v) is 6.34. The van der Waals surface area contributed by atoms with Crippen molar-refractivity contribution in [1.29, 1.82) is 0 Å². The Morgan fingerprint density at radius 1 is 1.00 bits per heavy atom. The van der Waals surface area contributed by atoms with Crippen LogP contribution in [-0.2, 0) is 6.54 Å². The molecular weight excluding hydrogens is 257 g/mol. The highest BCUT2D eigenvalue weighted by Crippen LogP contribution is 2.23. The standard InChI is InChI=1S/C16H18FNO2/c1-11-6-13(4-5-16(11)17)18-10-12-7-14(19-2)9-15(8-12)20-3/h4-9,18H,10H2,1-3H3. The summed E-state index contributed by atoms with van der Waals surface area (Å²) in [6.45, 7) is 2.35. The molecule has 20 heavy (non-hydrogen) atoms. The molecule has 106 valence electrons. The highest BCUT2D eigenvalue weighted by atomic mass is 19.1. The fourth-order valence-corrected chi connectivity index (χ4v) is 1.93. The Morgan fingerprint density at radius 3 is 2.20 bits per heavy atom. The third-order valence-electron chi connectivity index (χ3n) is 3.07. The van der Waals surface area contributed by atoms with Gasteiger partial charge in [-0.25, -0.2) is 4.39 Å². The number of nitrogens with one attached hydrogen (secondary N) is 1. The third-order valence-corrected chi connectivity index (χ3v) is 3.07. The molecule has 0 heterocycles. The van der Waals surface area contributed by atoms with Gasteiger partial charge in [-0.3, -0.25) is 0 Å². The van der Waals surface area contributed by atoms with Crippen LogP contribution in [0.2, 0.25) is 0 Å². The molecule has 0 radical (unpaired) electrons. The summed E-state index contributed by atoms with van der Waals surface area (Å²) in [6.07, 6.45) is 0. The SMILES string of the molecule is COc1cc(CNc2ccc(F)c(C)c2)cc(OC)c1. The van der Waals surface area contributed by atoms with Crippen LogP contribution in [-0.4, -0.2) is 14.2 Å². The Bertz CT molecular complexity index is 577. The Labute approximate surface area is 118 Å². The van der Waals surface area contributed by atoms with Crippen molar-refractivity contribution >= 4 is 5.69 Å². The Kier molecular flexibility index (Phi) is 4.45. The Balaban J connectivity index is 2.11. The molecule has 0 saturated heterocycles. The molecular formula is C16H18FNO2. The summed E-state index contributed by atoms with van der Waals surface area (Å²) >= 11 is 0. The normalized spacial score (nSPS) is 10.2. The summed E-state index contributed by atoms with van der Waals surface area (Å²) in [4.78, 5) is 0. The van der Waals surface area contributed by atoms with Gasteiger partial charge < -0.3 is 14.8 Å². The van der Waals surface area contributed by atoms with Crippen molar-refractivity contribution in [1.82, 2.24) is 0 Å². The van der Waals surface area contributed by atoms with E-state index in [0.29, 0.717) is 12.1 Å². The molecule has 3 nitrogen and oxygen atoms in total. The minimum absolute atomic E-state index is 0.196. The van der Waals surface area contributed by atoms with E-state index < -0.39 is 0 Å². The maximum absolute atomic E-state index is 13.2. The second-order valence-electron chi connectivity index (χ2n) is 4.54. The second-order valence-corrected chi connectivity index (χ2v) is 4.54. The average molecular weight is 275 g/mol. The van der Waals surface area contributed by atoms with E-state index in [2.05, 4.69) is 5.32 Å². The van der Waals surface area contributed by atoms with Crippen molar-refractivity contribution in [3.05, 3.63) is 53.3 Å². The number of anilines is 1. The Morgan fingerprint density at radius 2 is 1.65 bits per heavy atom. The van der Waals surface area contributed by atoms with Crippen LogP contribution < -0.4 is 14.8 Å². The van der Waals surface area contributed by atoms with Crippen LogP contribution in [0.4, 0.5) is 10.1 Å². The zero-order chi connectivity index (χ0) is 14.5. The smallest absolute Gasteiger partial charge is 0.126 e. The van der Waals surface area contributed by atoms with Crippen molar-refractivity contribution in [3.8, 4) is 11.5 Å². The molecule has 2 aromatic rings. The quantitative estimate of drug-likeness (QED) is 0.901. The van der Waals surface area contributed by atoms with Crippen molar-refractivity contribution in [2.45, 2.75) is 13.5 Å². The van der Waals surface area contributed by atoms with Crippen LogP contribution in [0.1, 0.15) is 11.1 Å². The number of rotatable bonds is 5. The maximum Gasteiger partial charge on any atom is 0.126 e. The lowest BCUT2D eigenvalue weighted by Gasteiger charge is -2.11. The molecule has 2 aromatic carbocycles. The molecule has 0 fully saturated rings. The number of methoxy groups -OCH3 is 2. The zero-order valence-corrected chi connectivity index (χ0v) is 11.9. The predicted molar refractivity (Wildman–Crippen MR) is 78.0 cm³/mol. The fraction of sp³-hybridized carbons (Fsp3) is 0.250. The molecule has 0 aliphatic carbocycles. The van der Waals surface area contributed by atoms with E-state index in [0.717, 1.165) is 22.7 Å². The van der Waals surface area contributed by atoms with E-state index in [9.17, 15) is 4.39 Å². The van der Waals surface area contributed by atoms with Gasteiger partial charge in [-0.2, -0.15) is 0 Å². The summed E-state index contributed by atoms with van der Waals surface area (Å²) in [5.41, 5.74) is 2.53. The predicted octanol–water partition coefficient (Wildman–Crippen LogP) is 3.76. The van der Waals surface area contributed by atoms with Crippen LogP contribution in [0.3, 0.4) is 0 Å². The lowest BCUT2D eigenvalue weighted by atomic mass is 10.1. The van der Waals surface area contributed by atoms with Gasteiger partial charge in [0.15, 0.2) is 0 Å². The molecule has 0 atom stereocenters. The minimum atomic E-state index is -0.196. The van der Waals surface area contributed by atoms with Crippen molar-refractivity contribution < 1.29 is 13.9 Å². The van der Waals surface area contributed by atoms with Crippen molar-refractivity contribution in [2.24, 2.45) is 0 Å². The minimum Gasteiger partial charge on any atom is -0.497 e. The number of ether oxygens (including phenoxy) is 2. The van der Waals surface area contributed by atoms with E-state index in [1.54, 1.807) is 33.3 Å². The van der Waals surface area contributed by atoms with Gasteiger partial charge in [-0.05, 0) is 48.4 Å². The second kappa shape index (κ2) is 6.28. The fourth-order valence-electron chi connectivity index (χ4n) is 1.93. The molecule has 0 amide bonds. The molecule has 0 bridgehead atoms. The van der Waals surface area contributed by atoms with Gasteiger partial charge in [-0.15, -0.1) is 0 Å². The molecule has 0 aliphatic heterocycles. The first-order valence-electron chi connectivity index (χ1n) is 6.34. The average Bonchev–Trinajstić information content (AvgIpc) is 2.48. The highest BCUT2D eigenvalue weighted by Gasteiger charge is 2.03. The number of halogens is 1. The zero-order valence-electron chi connectivity index (χ0n) is 11.9. The molecule has 0 aliphatic rings. The van der Waals surface area contributed by atoms with Crippen molar-refractivity contribution in [2.75, 3.05) is 19.5 Å². The molecule has 0 aromatic heterocycles. The van der Waals surface area contributed by atoms with Crippen LogP contribution >= 0.6 is 0 Å². The van der Waals surface area contributed by atoms with Gasteiger partial charge in [0.2, 0.25) is 0 Å². The summed E-state index contributed by atoms with van der Waals surface area (Å²) in [5.74, 6) is 1.30. The lowest BCUT2D eigenvalue weighted by Crippen LogP contribution is -2.01. The molecule has 1 N–H and O–H groups in total. The van der Waals surface area contributed by atoms with E-state index in [4.69, 9.17) is 9.47 Å². The summed E-state index contributed by atoms with van der Waals surface area (Å²) < 4.78 is 23.7. The summed E-state index contributed by atoms with van der Waals surface area (Å²) in [5, 5.41) is 3.25. The van der Waals surface area contributed by atoms with Crippen molar-refractivity contribution in [3.63, 3.8) is 0 Å². The van der Waals surface area contributed by atoms with Gasteiger partial charge in [0.1, 0.15) is 17.3 Å². The maximum atomic E-state index is 13.2. The topological polar surface area (TPSA) is 30.5 Å². The molecule has 0 unspecified atom stereocenters. The lowest BCUT2D eigenvalue weighted by molar-refractivity contribution is 0.393. The number of hydrogen-bond donors (Lipinski definition) is 1. The molecule has 0 saturated carbocycles. The van der Waals surface area contributed by atoms with Gasteiger partial charge in [0.25, 0.3) is 0 Å². The first kappa shape index (κ1) is 14.2. The summed E-state index contributed by atoms with van der Waals surface area (Å²) in [7, 11) is 3.24. The first-order chi connectivity index (χ1) is 9.62. The van der Waals surface area contributed by atoms with Crippen LogP contribution in [0.15, 0.2) is 36.4 Å². The number of aryl methyl sites for hydroxylation is 1. The van der Waals surface area contributed by atoms with E-state index >= 15 is 0 Å². The van der Waals surface area contributed by atoms with E-state index in [-0.39, 0.29) is 5.82 Å². The van der Waals surface area contributed by atoms with E-state index in [1.807, 2.05) is 18.2 Å². The molecule has 0 spiro atoms. The van der Waals surface area contributed by atoms with Crippen LogP contribution in [0.25, 0.3) is 0 Å². The third kappa shape index (κ3) is 3.41. The van der Waals surface area contributed by atoms with E-state index in [1.165, 1.54) is 6.07 Å². The molecule has 4 heteroatoms. The van der Waals surface area contributed by atoms with Crippen LogP contribution in [0, 0.1) is 12.7 Å². The number of benzene rings is 2.